The smallest absolute Gasteiger partial charge is 0.253 e. The molecule has 0 spiro atoms. The molecule has 1 aliphatic heterocycles. The minimum Gasteiger partial charge on any atom is -0.354 e. The summed E-state index contributed by atoms with van der Waals surface area (Å²) in [6, 6.07) is 10.7. The first-order valence-electron chi connectivity index (χ1n) is 9.43. The Labute approximate surface area is 175 Å². The van der Waals surface area contributed by atoms with E-state index in [2.05, 4.69) is 32.0 Å². The average molecular weight is 414 g/mol. The maximum atomic E-state index is 12.2. The van der Waals surface area contributed by atoms with Gasteiger partial charge in [-0.1, -0.05) is 17.7 Å². The van der Waals surface area contributed by atoms with Gasteiger partial charge in [0.05, 0.1) is 12.1 Å². The van der Waals surface area contributed by atoms with E-state index in [0.717, 1.165) is 37.7 Å². The summed E-state index contributed by atoms with van der Waals surface area (Å²) >= 11 is 5.86. The Bertz CT molecular complexity index is 846. The van der Waals surface area contributed by atoms with Crippen molar-refractivity contribution in [1.29, 1.82) is 0 Å². The lowest BCUT2D eigenvalue weighted by atomic mass is 10.2. The van der Waals surface area contributed by atoms with Crippen molar-refractivity contribution in [2.45, 2.75) is 0 Å². The molecule has 0 unspecified atom stereocenters. The van der Waals surface area contributed by atoms with E-state index in [-0.39, 0.29) is 11.8 Å². The average Bonchev–Trinajstić information content (AvgIpc) is 2.74. The van der Waals surface area contributed by atoms with E-state index in [1.165, 1.54) is 0 Å². The fraction of sp³-hybridized carbons (Fsp3) is 0.286. The van der Waals surface area contributed by atoms with Crippen LogP contribution in [0.1, 0.15) is 10.4 Å². The molecule has 2 heterocycles. The first-order valence-corrected chi connectivity index (χ1v) is 9.81. The molecule has 1 fully saturated rings. The molecule has 152 valence electrons. The summed E-state index contributed by atoms with van der Waals surface area (Å²) < 4.78 is 0. The Morgan fingerprint density at radius 1 is 1.10 bits per heavy atom. The maximum Gasteiger partial charge on any atom is 0.253 e. The third-order valence-electron chi connectivity index (χ3n) is 4.61. The van der Waals surface area contributed by atoms with Crippen molar-refractivity contribution in [3.05, 3.63) is 65.8 Å². The van der Waals surface area contributed by atoms with Crippen LogP contribution in [0.2, 0.25) is 5.02 Å². The number of hydrogen-bond acceptors (Lipinski definition) is 5. The minimum atomic E-state index is -0.166. The summed E-state index contributed by atoms with van der Waals surface area (Å²) in [5.74, 6) is 0.616. The second-order valence-electron chi connectivity index (χ2n) is 6.72. The number of benzene rings is 1. The molecule has 0 atom stereocenters. The van der Waals surface area contributed by atoms with E-state index >= 15 is 0 Å². The van der Waals surface area contributed by atoms with E-state index in [9.17, 15) is 9.59 Å². The number of piperazine rings is 1. The van der Waals surface area contributed by atoms with Gasteiger partial charge in [0.25, 0.3) is 5.91 Å². The van der Waals surface area contributed by atoms with Gasteiger partial charge in [-0.3, -0.25) is 14.5 Å². The van der Waals surface area contributed by atoms with Gasteiger partial charge in [-0.15, -0.1) is 6.58 Å². The standard InChI is InChI=1S/C21H24ClN5O2/c1-2-9-23-21(29)16-3-8-19(24-14-16)27-12-10-26(11-13-27)15-20(28)25-18-6-4-17(22)5-7-18/h2-8,14H,1,9-13,15H2,(H,23,29)(H,25,28). The number of rotatable bonds is 7. The molecule has 0 saturated carbocycles. The lowest BCUT2D eigenvalue weighted by molar-refractivity contribution is -0.117. The molecule has 0 aliphatic carbocycles. The van der Waals surface area contributed by atoms with Crippen molar-refractivity contribution >= 4 is 34.9 Å². The van der Waals surface area contributed by atoms with Crippen molar-refractivity contribution in [3.8, 4) is 0 Å². The number of nitrogens with one attached hydrogen (secondary N) is 2. The Balaban J connectivity index is 1.46. The number of hydrogen-bond donors (Lipinski definition) is 2. The second kappa shape index (κ2) is 10.0. The lowest BCUT2D eigenvalue weighted by Gasteiger charge is -2.35. The van der Waals surface area contributed by atoms with Crippen LogP contribution in [0.5, 0.6) is 0 Å². The van der Waals surface area contributed by atoms with Crippen molar-refractivity contribution in [1.82, 2.24) is 15.2 Å². The van der Waals surface area contributed by atoms with Gasteiger partial charge in [-0.25, -0.2) is 4.98 Å². The zero-order chi connectivity index (χ0) is 20.6. The van der Waals surface area contributed by atoms with Gasteiger partial charge < -0.3 is 15.5 Å². The van der Waals surface area contributed by atoms with Crippen LogP contribution in [0.3, 0.4) is 0 Å². The van der Waals surface area contributed by atoms with Crippen molar-refractivity contribution in [3.63, 3.8) is 0 Å². The van der Waals surface area contributed by atoms with Crippen LogP contribution in [-0.4, -0.2) is 61.0 Å². The van der Waals surface area contributed by atoms with Crippen LogP contribution in [0.15, 0.2) is 55.3 Å². The summed E-state index contributed by atoms with van der Waals surface area (Å²) in [7, 11) is 0. The second-order valence-corrected chi connectivity index (χ2v) is 7.16. The highest BCUT2D eigenvalue weighted by Crippen LogP contribution is 2.15. The Morgan fingerprint density at radius 3 is 2.45 bits per heavy atom. The van der Waals surface area contributed by atoms with E-state index in [1.807, 2.05) is 6.07 Å². The van der Waals surface area contributed by atoms with Gasteiger partial charge in [-0.2, -0.15) is 0 Å². The van der Waals surface area contributed by atoms with Gasteiger partial charge in [0, 0.05) is 49.6 Å². The van der Waals surface area contributed by atoms with Gasteiger partial charge in [0.15, 0.2) is 0 Å². The quantitative estimate of drug-likeness (QED) is 0.681. The molecule has 2 N–H and O–H groups in total. The number of halogens is 1. The maximum absolute atomic E-state index is 12.2. The Hall–Kier alpha value is -2.90. The van der Waals surface area contributed by atoms with E-state index in [4.69, 9.17) is 11.6 Å². The normalized spacial score (nSPS) is 14.3. The van der Waals surface area contributed by atoms with Crippen LogP contribution in [0, 0.1) is 0 Å². The number of nitrogens with zero attached hydrogens (tertiary/aromatic N) is 3. The summed E-state index contributed by atoms with van der Waals surface area (Å²) in [6.45, 7) is 7.40. The molecule has 0 bridgehead atoms. The fourth-order valence-corrected chi connectivity index (χ4v) is 3.17. The van der Waals surface area contributed by atoms with Crippen LogP contribution >= 0.6 is 11.6 Å². The predicted molar refractivity (Wildman–Crippen MR) is 116 cm³/mol. The van der Waals surface area contributed by atoms with E-state index in [0.29, 0.717) is 23.7 Å². The zero-order valence-electron chi connectivity index (χ0n) is 16.1. The number of carbonyl (C=O) groups is 2. The molecule has 0 radical (unpaired) electrons. The third-order valence-corrected chi connectivity index (χ3v) is 4.86. The van der Waals surface area contributed by atoms with E-state index in [1.54, 1.807) is 42.6 Å². The number of anilines is 2. The topological polar surface area (TPSA) is 77.6 Å². The highest BCUT2D eigenvalue weighted by Gasteiger charge is 2.20. The molecular formula is C21H24ClN5O2. The molecule has 1 aromatic heterocycles. The molecule has 2 amide bonds. The number of carbonyl (C=O) groups excluding carboxylic acids is 2. The van der Waals surface area contributed by atoms with E-state index < -0.39 is 0 Å². The van der Waals surface area contributed by atoms with Crippen molar-refractivity contribution in [2.24, 2.45) is 0 Å². The predicted octanol–water partition coefficient (Wildman–Crippen LogP) is 2.41. The molecule has 1 saturated heterocycles. The van der Waals surface area contributed by atoms with Gasteiger partial charge in [0.2, 0.25) is 5.91 Å². The molecule has 29 heavy (non-hydrogen) atoms. The minimum absolute atomic E-state index is 0.0474. The molecule has 2 aromatic rings. The van der Waals surface area contributed by atoms with Crippen LogP contribution in [0.4, 0.5) is 11.5 Å². The third kappa shape index (κ3) is 6.04. The monoisotopic (exact) mass is 413 g/mol. The zero-order valence-corrected chi connectivity index (χ0v) is 16.9. The molecule has 7 nitrogen and oxygen atoms in total. The highest BCUT2D eigenvalue weighted by atomic mass is 35.5. The number of amides is 2. The SMILES string of the molecule is C=CCNC(=O)c1ccc(N2CCN(CC(=O)Nc3ccc(Cl)cc3)CC2)nc1. The van der Waals surface area contributed by atoms with Crippen molar-refractivity contribution < 1.29 is 9.59 Å². The molecule has 3 rings (SSSR count). The summed E-state index contributed by atoms with van der Waals surface area (Å²) in [4.78, 5) is 32.8. The van der Waals surface area contributed by atoms with Gasteiger partial charge in [0.1, 0.15) is 5.82 Å². The molecule has 1 aromatic carbocycles. The molecule has 8 heteroatoms. The number of pyridine rings is 1. The first kappa shape index (κ1) is 20.8. The molecule has 1 aliphatic rings. The largest absolute Gasteiger partial charge is 0.354 e. The summed E-state index contributed by atoms with van der Waals surface area (Å²) in [5.41, 5.74) is 1.26. The Kier molecular flexibility index (Phi) is 7.21. The van der Waals surface area contributed by atoms with Crippen LogP contribution < -0.4 is 15.5 Å². The Morgan fingerprint density at radius 2 is 1.83 bits per heavy atom. The lowest BCUT2D eigenvalue weighted by Crippen LogP contribution is -2.48. The van der Waals surface area contributed by atoms with Gasteiger partial charge >= 0.3 is 0 Å². The first-order chi connectivity index (χ1) is 14.0. The molecular weight excluding hydrogens is 390 g/mol. The fourth-order valence-electron chi connectivity index (χ4n) is 3.05. The van der Waals surface area contributed by atoms with Crippen LogP contribution in [-0.2, 0) is 4.79 Å². The van der Waals surface area contributed by atoms with Crippen LogP contribution in [0.25, 0.3) is 0 Å². The van der Waals surface area contributed by atoms with Gasteiger partial charge in [-0.05, 0) is 36.4 Å². The highest BCUT2D eigenvalue weighted by molar-refractivity contribution is 6.30. The number of aromatic nitrogens is 1. The van der Waals surface area contributed by atoms with Crippen molar-refractivity contribution in [2.75, 3.05) is 49.5 Å². The summed E-state index contributed by atoms with van der Waals surface area (Å²) in [5, 5.41) is 6.25. The summed E-state index contributed by atoms with van der Waals surface area (Å²) in [6.07, 6.45) is 3.22.